The molecule has 190 valence electrons. The van der Waals surface area contributed by atoms with E-state index in [2.05, 4.69) is 20.5 Å². The lowest BCUT2D eigenvalue weighted by atomic mass is 10.0. The monoisotopic (exact) mass is 491 g/mol. The van der Waals surface area contributed by atoms with E-state index in [1.807, 2.05) is 31.2 Å². The zero-order valence-corrected chi connectivity index (χ0v) is 20.8. The highest BCUT2D eigenvalue weighted by atomic mass is 16.5. The van der Waals surface area contributed by atoms with Gasteiger partial charge in [0.15, 0.2) is 5.82 Å². The SMILES string of the molecule is CCOCCOc1ccc(Nc2cncc(N3CCC[C@@H](NC(=O)c4ccc(OC)cc4)C3)n2)cc1. The molecule has 9 nitrogen and oxygen atoms in total. The Kier molecular flexibility index (Phi) is 8.93. The van der Waals surface area contributed by atoms with Crippen molar-refractivity contribution in [2.45, 2.75) is 25.8 Å². The number of hydrogen-bond acceptors (Lipinski definition) is 8. The Labute approximate surface area is 211 Å². The molecule has 0 aliphatic carbocycles. The number of hydrogen-bond donors (Lipinski definition) is 2. The van der Waals surface area contributed by atoms with Crippen LogP contribution in [0.15, 0.2) is 60.9 Å². The van der Waals surface area contributed by atoms with Crippen LogP contribution in [0.1, 0.15) is 30.1 Å². The molecule has 1 amide bonds. The minimum atomic E-state index is -0.0867. The van der Waals surface area contributed by atoms with Crippen molar-refractivity contribution in [3.8, 4) is 11.5 Å². The van der Waals surface area contributed by atoms with Crippen LogP contribution in [-0.2, 0) is 4.74 Å². The van der Waals surface area contributed by atoms with Gasteiger partial charge < -0.3 is 29.7 Å². The van der Waals surface area contributed by atoms with E-state index in [0.717, 1.165) is 42.4 Å². The fourth-order valence-corrected chi connectivity index (χ4v) is 4.03. The van der Waals surface area contributed by atoms with E-state index in [1.165, 1.54) is 0 Å². The summed E-state index contributed by atoms with van der Waals surface area (Å²) in [6.07, 6.45) is 5.33. The number of benzene rings is 2. The smallest absolute Gasteiger partial charge is 0.251 e. The van der Waals surface area contributed by atoms with Crippen LogP contribution in [0.4, 0.5) is 17.3 Å². The minimum absolute atomic E-state index is 0.0297. The lowest BCUT2D eigenvalue weighted by molar-refractivity contribution is 0.0933. The maximum absolute atomic E-state index is 12.7. The Balaban J connectivity index is 1.32. The molecule has 1 aliphatic heterocycles. The molecule has 1 saturated heterocycles. The van der Waals surface area contributed by atoms with Crippen LogP contribution >= 0.6 is 0 Å². The Morgan fingerprint density at radius 3 is 2.58 bits per heavy atom. The number of methoxy groups -OCH3 is 1. The maximum Gasteiger partial charge on any atom is 0.251 e. The lowest BCUT2D eigenvalue weighted by Crippen LogP contribution is -2.48. The second-order valence-electron chi connectivity index (χ2n) is 8.44. The van der Waals surface area contributed by atoms with Crippen LogP contribution in [0.5, 0.6) is 11.5 Å². The van der Waals surface area contributed by atoms with Gasteiger partial charge in [-0.05, 0) is 68.3 Å². The molecule has 0 unspecified atom stereocenters. The summed E-state index contributed by atoms with van der Waals surface area (Å²) >= 11 is 0. The van der Waals surface area contributed by atoms with Gasteiger partial charge in [-0.2, -0.15) is 0 Å². The molecule has 0 saturated carbocycles. The van der Waals surface area contributed by atoms with Crippen LogP contribution < -0.4 is 25.0 Å². The van der Waals surface area contributed by atoms with Crippen LogP contribution in [0.3, 0.4) is 0 Å². The number of rotatable bonds is 11. The number of ether oxygens (including phenoxy) is 3. The van der Waals surface area contributed by atoms with E-state index in [4.69, 9.17) is 19.2 Å². The molecule has 1 aliphatic rings. The highest BCUT2D eigenvalue weighted by molar-refractivity contribution is 5.94. The highest BCUT2D eigenvalue weighted by Gasteiger charge is 2.23. The summed E-state index contributed by atoms with van der Waals surface area (Å²) in [6, 6.07) is 14.9. The first kappa shape index (κ1) is 25.2. The number of carbonyl (C=O) groups excluding carboxylic acids is 1. The van der Waals surface area contributed by atoms with Crippen molar-refractivity contribution in [3.63, 3.8) is 0 Å². The third-order valence-electron chi connectivity index (χ3n) is 5.88. The number of nitrogens with one attached hydrogen (secondary N) is 2. The molecule has 0 bridgehead atoms. The zero-order chi connectivity index (χ0) is 25.2. The van der Waals surface area contributed by atoms with E-state index in [0.29, 0.717) is 37.7 Å². The first-order valence-electron chi connectivity index (χ1n) is 12.2. The summed E-state index contributed by atoms with van der Waals surface area (Å²) in [5.74, 6) is 2.86. The standard InChI is InChI=1S/C27H33N5O4/c1-3-35-15-16-36-24-12-8-21(9-13-24)29-25-17-28-18-26(31-25)32-14-4-5-22(19-32)30-27(33)20-6-10-23(34-2)11-7-20/h6-13,17-18,22H,3-5,14-16,19H2,1-2H3,(H,29,31)(H,30,33)/t22-/m1/s1. The van der Waals surface area contributed by atoms with E-state index in [-0.39, 0.29) is 11.9 Å². The summed E-state index contributed by atoms with van der Waals surface area (Å²) in [5, 5.41) is 6.45. The summed E-state index contributed by atoms with van der Waals surface area (Å²) in [5.41, 5.74) is 1.51. The van der Waals surface area contributed by atoms with Crippen LogP contribution in [-0.4, -0.2) is 61.9 Å². The molecule has 3 aromatic rings. The molecular formula is C27H33N5O4. The van der Waals surface area contributed by atoms with Gasteiger partial charge in [0.25, 0.3) is 5.91 Å². The van der Waals surface area contributed by atoms with Gasteiger partial charge in [0.05, 0.1) is 26.1 Å². The fraction of sp³-hybridized carbons (Fsp3) is 0.370. The van der Waals surface area contributed by atoms with Gasteiger partial charge in [0, 0.05) is 37.0 Å². The summed E-state index contributed by atoms with van der Waals surface area (Å²) in [4.78, 5) is 24.0. The molecule has 4 rings (SSSR count). The van der Waals surface area contributed by atoms with Crippen molar-refractivity contribution in [2.75, 3.05) is 50.2 Å². The lowest BCUT2D eigenvalue weighted by Gasteiger charge is -2.34. The van der Waals surface area contributed by atoms with Gasteiger partial charge in [-0.15, -0.1) is 0 Å². The summed E-state index contributed by atoms with van der Waals surface area (Å²) in [6.45, 7) is 5.27. The third kappa shape index (κ3) is 7.08. The van der Waals surface area contributed by atoms with Crippen molar-refractivity contribution >= 4 is 23.2 Å². The van der Waals surface area contributed by atoms with E-state index >= 15 is 0 Å². The third-order valence-corrected chi connectivity index (χ3v) is 5.88. The number of carbonyl (C=O) groups is 1. The molecule has 2 heterocycles. The molecule has 1 aromatic heterocycles. The van der Waals surface area contributed by atoms with Gasteiger partial charge in [0.2, 0.25) is 0 Å². The van der Waals surface area contributed by atoms with E-state index in [9.17, 15) is 4.79 Å². The second kappa shape index (κ2) is 12.7. The van der Waals surface area contributed by atoms with E-state index in [1.54, 1.807) is 43.8 Å². The minimum Gasteiger partial charge on any atom is -0.497 e. The molecule has 2 aromatic carbocycles. The Bertz CT molecular complexity index is 1110. The summed E-state index contributed by atoms with van der Waals surface area (Å²) in [7, 11) is 1.61. The van der Waals surface area contributed by atoms with Crippen molar-refractivity contribution in [3.05, 3.63) is 66.5 Å². The van der Waals surface area contributed by atoms with Gasteiger partial charge in [-0.3, -0.25) is 9.78 Å². The first-order valence-corrected chi connectivity index (χ1v) is 12.2. The molecule has 1 fully saturated rings. The number of piperidine rings is 1. The molecule has 0 spiro atoms. The van der Waals surface area contributed by atoms with Crippen molar-refractivity contribution < 1.29 is 19.0 Å². The van der Waals surface area contributed by atoms with Crippen LogP contribution in [0, 0.1) is 0 Å². The largest absolute Gasteiger partial charge is 0.497 e. The van der Waals surface area contributed by atoms with Crippen LogP contribution in [0.25, 0.3) is 0 Å². The average Bonchev–Trinajstić information content (AvgIpc) is 2.92. The summed E-state index contributed by atoms with van der Waals surface area (Å²) < 4.78 is 16.1. The number of anilines is 3. The first-order chi connectivity index (χ1) is 17.6. The molecule has 2 N–H and O–H groups in total. The Morgan fingerprint density at radius 1 is 1.06 bits per heavy atom. The Morgan fingerprint density at radius 2 is 1.83 bits per heavy atom. The molecule has 1 atom stereocenters. The molecule has 9 heteroatoms. The van der Waals surface area contributed by atoms with Gasteiger partial charge in [-0.1, -0.05) is 0 Å². The van der Waals surface area contributed by atoms with Crippen molar-refractivity contribution in [1.82, 2.24) is 15.3 Å². The average molecular weight is 492 g/mol. The van der Waals surface area contributed by atoms with Crippen LogP contribution in [0.2, 0.25) is 0 Å². The second-order valence-corrected chi connectivity index (χ2v) is 8.44. The van der Waals surface area contributed by atoms with Gasteiger partial charge in [-0.25, -0.2) is 4.98 Å². The maximum atomic E-state index is 12.7. The predicted octanol–water partition coefficient (Wildman–Crippen LogP) is 4.04. The van der Waals surface area contributed by atoms with Gasteiger partial charge in [0.1, 0.15) is 23.9 Å². The quantitative estimate of drug-likeness (QED) is 0.388. The zero-order valence-electron chi connectivity index (χ0n) is 20.8. The number of aromatic nitrogens is 2. The normalized spacial score (nSPS) is 15.3. The topological polar surface area (TPSA) is 97.8 Å². The van der Waals surface area contributed by atoms with E-state index < -0.39 is 0 Å². The van der Waals surface area contributed by atoms with Gasteiger partial charge >= 0.3 is 0 Å². The van der Waals surface area contributed by atoms with Crippen molar-refractivity contribution in [2.24, 2.45) is 0 Å². The highest BCUT2D eigenvalue weighted by Crippen LogP contribution is 2.22. The molecular weight excluding hydrogens is 458 g/mol. The number of amides is 1. The molecule has 0 radical (unpaired) electrons. The number of nitrogens with zero attached hydrogens (tertiary/aromatic N) is 3. The van der Waals surface area contributed by atoms with Crippen molar-refractivity contribution in [1.29, 1.82) is 0 Å². The Hall–Kier alpha value is -3.85. The fourth-order valence-electron chi connectivity index (χ4n) is 4.03. The molecule has 36 heavy (non-hydrogen) atoms. The predicted molar refractivity (Wildman–Crippen MR) is 139 cm³/mol.